The molecule has 0 atom stereocenters. The van der Waals surface area contributed by atoms with Gasteiger partial charge in [0, 0.05) is 0 Å². The topological polar surface area (TPSA) is 91.5 Å². The van der Waals surface area contributed by atoms with Crippen LogP contribution >= 0.6 is 11.6 Å². The van der Waals surface area contributed by atoms with Gasteiger partial charge in [-0.05, 0) is 20.8 Å². The van der Waals surface area contributed by atoms with Gasteiger partial charge in [-0.25, -0.2) is 5.53 Å². The lowest BCUT2D eigenvalue weighted by Crippen LogP contribution is -2.83. The van der Waals surface area contributed by atoms with Crippen LogP contribution < -0.4 is 5.43 Å². The molecule has 0 spiro atoms. The average Bonchev–Trinajstić information content (AvgIpc) is 2.03. The van der Waals surface area contributed by atoms with Gasteiger partial charge in [0.05, 0.1) is 5.88 Å². The minimum absolute atomic E-state index is 0.0111. The normalized spacial score (nSPS) is 12.4. The summed E-state index contributed by atoms with van der Waals surface area (Å²) >= 11 is 5.37. The molecule has 0 aliphatic carbocycles. The van der Waals surface area contributed by atoms with Gasteiger partial charge in [0.2, 0.25) is 5.84 Å². The number of quaternary nitrogens is 1. The van der Waals surface area contributed by atoms with Crippen molar-refractivity contribution >= 4 is 23.5 Å². The van der Waals surface area contributed by atoms with Crippen molar-refractivity contribution in [2.45, 2.75) is 26.4 Å². The fraction of sp³-hybridized carbons (Fsp3) is 0.714. The molecule has 0 unspecified atom stereocenters. The molecule has 0 aromatic heterocycles. The predicted octanol–water partition coefficient (Wildman–Crippen LogP) is 1.07. The third-order valence-corrected chi connectivity index (χ3v) is 1.21. The summed E-state index contributed by atoms with van der Waals surface area (Å²) in [4.78, 5) is 11.1. The maximum absolute atomic E-state index is 11.1. The Bertz CT molecular complexity index is 247. The van der Waals surface area contributed by atoms with Gasteiger partial charge in [-0.3, -0.25) is 0 Å². The molecule has 14 heavy (non-hydrogen) atoms. The van der Waals surface area contributed by atoms with E-state index < -0.39 is 11.7 Å². The molecular weight excluding hydrogens is 208 g/mol. The third-order valence-electron chi connectivity index (χ3n) is 0.974. The van der Waals surface area contributed by atoms with Crippen LogP contribution in [-0.2, 0) is 4.74 Å². The average molecular weight is 222 g/mol. The Kier molecular flexibility index (Phi) is 5.26. The number of alkyl halides is 1. The molecule has 0 bridgehead atoms. The van der Waals surface area contributed by atoms with Crippen LogP contribution in [-0.4, -0.2) is 23.4 Å². The number of amidine groups is 1. The van der Waals surface area contributed by atoms with E-state index in [4.69, 9.17) is 21.9 Å². The van der Waals surface area contributed by atoms with Gasteiger partial charge in [0.25, 0.3) is 0 Å². The molecular formula is C7H14ClN4O2+. The van der Waals surface area contributed by atoms with E-state index in [1.54, 1.807) is 20.8 Å². The number of hydrogen-bond acceptors (Lipinski definition) is 4. The van der Waals surface area contributed by atoms with Crippen LogP contribution in [0.3, 0.4) is 0 Å². The van der Waals surface area contributed by atoms with E-state index in [1.165, 1.54) is 0 Å². The number of halogens is 1. The molecule has 80 valence electrons. The number of carbonyl (C=O) groups excluding carboxylic acids is 1. The van der Waals surface area contributed by atoms with Gasteiger partial charge < -0.3 is 4.74 Å². The number of nitrogens with zero attached hydrogens (tertiary/aromatic N) is 2. The summed E-state index contributed by atoms with van der Waals surface area (Å²) < 4.78 is 4.93. The highest BCUT2D eigenvalue weighted by molar-refractivity contribution is 6.28. The van der Waals surface area contributed by atoms with E-state index in [0.29, 0.717) is 0 Å². The zero-order chi connectivity index (χ0) is 11.2. The molecule has 0 aliphatic heterocycles. The first kappa shape index (κ1) is 13.0. The van der Waals surface area contributed by atoms with Crippen molar-refractivity contribution in [3.8, 4) is 0 Å². The molecule has 7 heteroatoms. The maximum atomic E-state index is 11.1. The molecule has 1 amide bonds. The Morgan fingerprint density at radius 3 is 2.50 bits per heavy atom. The first-order valence-corrected chi connectivity index (χ1v) is 4.49. The monoisotopic (exact) mass is 221 g/mol. The lowest BCUT2D eigenvalue weighted by Gasteiger charge is -2.15. The van der Waals surface area contributed by atoms with Crippen molar-refractivity contribution in [1.29, 1.82) is 5.53 Å². The molecule has 0 fully saturated rings. The number of carbonyl (C=O) groups is 1. The lowest BCUT2D eigenvalue weighted by atomic mass is 10.2. The van der Waals surface area contributed by atoms with E-state index in [-0.39, 0.29) is 11.7 Å². The number of amides is 1. The number of rotatable bonds is 2. The molecule has 0 rings (SSSR count). The molecule has 0 saturated heterocycles. The van der Waals surface area contributed by atoms with Crippen LogP contribution in [0.15, 0.2) is 10.2 Å². The van der Waals surface area contributed by atoms with E-state index in [9.17, 15) is 4.79 Å². The largest absolute Gasteiger partial charge is 0.540 e. The molecule has 3 N–H and O–H groups in total. The predicted molar refractivity (Wildman–Crippen MR) is 51.5 cm³/mol. The summed E-state index contributed by atoms with van der Waals surface area (Å²) in [5, 5.41) is 6.58. The molecule has 0 aliphatic rings. The van der Waals surface area contributed by atoms with Crippen LogP contribution in [0, 0.1) is 5.53 Å². The number of primary amides is 1. The molecule has 0 aromatic carbocycles. The third kappa shape index (κ3) is 6.50. The van der Waals surface area contributed by atoms with E-state index in [2.05, 4.69) is 10.2 Å². The summed E-state index contributed by atoms with van der Waals surface area (Å²) in [6, 6.07) is 0. The Morgan fingerprint density at radius 1 is 1.57 bits per heavy atom. The van der Waals surface area contributed by atoms with Crippen molar-refractivity contribution < 1.29 is 15.0 Å². The van der Waals surface area contributed by atoms with E-state index in [1.807, 2.05) is 0 Å². The van der Waals surface area contributed by atoms with Gasteiger partial charge in [-0.15, -0.1) is 22.1 Å². The number of nitrogens with one attached hydrogen (secondary N) is 1. The second kappa shape index (κ2) is 5.66. The zero-order valence-corrected chi connectivity index (χ0v) is 9.13. The summed E-state index contributed by atoms with van der Waals surface area (Å²) in [5.74, 6) is 0.0560. The van der Waals surface area contributed by atoms with Gasteiger partial charge in [-0.2, -0.15) is 4.79 Å². The Labute approximate surface area is 87.2 Å². The summed E-state index contributed by atoms with van der Waals surface area (Å²) in [6.45, 7) is 5.25. The van der Waals surface area contributed by atoms with Gasteiger partial charge in [0.15, 0.2) is 0 Å². The SMILES string of the molecule is CC(C)(C)OC(=O)[NH2+]/N=C(/CCl)N=N. The van der Waals surface area contributed by atoms with Gasteiger partial charge >= 0.3 is 6.09 Å². The molecule has 0 heterocycles. The van der Waals surface area contributed by atoms with Gasteiger partial charge in [-0.1, -0.05) is 5.10 Å². The molecule has 6 nitrogen and oxygen atoms in total. The van der Waals surface area contributed by atoms with Crippen molar-refractivity contribution in [1.82, 2.24) is 0 Å². The molecule has 0 radical (unpaired) electrons. The smallest absolute Gasteiger partial charge is 0.413 e. The maximum Gasteiger partial charge on any atom is 0.540 e. The summed E-state index contributed by atoms with van der Waals surface area (Å²) in [7, 11) is 0. The van der Waals surface area contributed by atoms with Crippen molar-refractivity contribution in [2.24, 2.45) is 10.2 Å². The van der Waals surface area contributed by atoms with E-state index in [0.717, 1.165) is 5.43 Å². The van der Waals surface area contributed by atoms with Gasteiger partial charge in [0.1, 0.15) is 5.60 Å². The Balaban J connectivity index is 4.08. The highest BCUT2D eigenvalue weighted by atomic mass is 35.5. The van der Waals surface area contributed by atoms with Crippen LogP contribution in [0.4, 0.5) is 4.79 Å². The molecule has 0 saturated carbocycles. The van der Waals surface area contributed by atoms with E-state index >= 15 is 0 Å². The highest BCUT2D eigenvalue weighted by Crippen LogP contribution is 2.04. The van der Waals surface area contributed by atoms with Crippen LogP contribution in [0.2, 0.25) is 0 Å². The van der Waals surface area contributed by atoms with Crippen molar-refractivity contribution in [3.05, 3.63) is 0 Å². The summed E-state index contributed by atoms with van der Waals surface area (Å²) in [5.41, 5.74) is 7.03. The molecule has 0 aromatic rings. The number of ether oxygens (including phenoxy) is 1. The fourth-order valence-electron chi connectivity index (χ4n) is 0.549. The minimum atomic E-state index is -0.580. The first-order chi connectivity index (χ1) is 6.39. The van der Waals surface area contributed by atoms with Crippen molar-refractivity contribution in [3.63, 3.8) is 0 Å². The lowest BCUT2D eigenvalue weighted by molar-refractivity contribution is -0.578. The van der Waals surface area contributed by atoms with Crippen LogP contribution in [0.25, 0.3) is 0 Å². The van der Waals surface area contributed by atoms with Crippen LogP contribution in [0.1, 0.15) is 20.8 Å². The fourth-order valence-corrected chi connectivity index (χ4v) is 0.677. The Morgan fingerprint density at radius 2 is 2.14 bits per heavy atom. The van der Waals surface area contributed by atoms with Crippen molar-refractivity contribution in [2.75, 3.05) is 5.88 Å². The Hall–Kier alpha value is -1.01. The van der Waals surface area contributed by atoms with Crippen LogP contribution in [0.5, 0.6) is 0 Å². The minimum Gasteiger partial charge on any atom is -0.413 e. The number of nitrogens with two attached hydrogens (primary N) is 1. The second-order valence-corrected chi connectivity index (χ2v) is 3.72. The second-order valence-electron chi connectivity index (χ2n) is 3.45. The highest BCUT2D eigenvalue weighted by Gasteiger charge is 2.19. The number of hydrogen-bond donors (Lipinski definition) is 2. The summed E-state index contributed by atoms with van der Waals surface area (Å²) in [6.07, 6.45) is -0.580. The zero-order valence-electron chi connectivity index (χ0n) is 8.37. The quantitative estimate of drug-likeness (QED) is 0.182. The first-order valence-electron chi connectivity index (χ1n) is 3.95. The standard InChI is InChI=1S/C7H13ClN4O2/c1-7(2,3)14-6(13)12-11-5(4-8)10-9/h9H,4H2,1-3H3,(H,12,13)/p+1/b10-9?,11-5-.